The van der Waals surface area contributed by atoms with E-state index in [4.69, 9.17) is 0 Å². The molecule has 6 atom stereocenters. The van der Waals surface area contributed by atoms with E-state index in [-0.39, 0.29) is 20.1 Å². The van der Waals surface area contributed by atoms with Gasteiger partial charge in [-0.2, -0.15) is 0 Å². The minimum Gasteiger partial charge on any atom is -0.118 e. The van der Waals surface area contributed by atoms with Crippen LogP contribution in [0.2, 0.25) is 0 Å². The molecule has 0 aromatic carbocycles. The first-order valence-corrected chi connectivity index (χ1v) is 9.00. The normalized spacial score (nSPS) is 2.57. The first-order chi connectivity index (χ1) is 3.00. The molecule has 0 saturated heterocycles. The molecule has 0 amide bonds. The van der Waals surface area contributed by atoms with Crippen molar-refractivity contribution < 1.29 is 20.1 Å². The fourth-order valence-electron chi connectivity index (χ4n) is 0. The van der Waals surface area contributed by atoms with Crippen LogP contribution in [-0.2, 0) is 20.1 Å². The summed E-state index contributed by atoms with van der Waals surface area (Å²) in [5.41, 5.74) is 0. The predicted molar refractivity (Wildman–Crippen MR) is 58.3 cm³/mol. The third-order valence-corrected chi connectivity index (χ3v) is 0. The maximum Gasteiger partial charge on any atom is 0 e. The van der Waals surface area contributed by atoms with Gasteiger partial charge < -0.3 is 0 Å². The quantitative estimate of drug-likeness (QED) is 0.599. The van der Waals surface area contributed by atoms with Crippen molar-refractivity contribution in [1.82, 2.24) is 0 Å². The summed E-state index contributed by atoms with van der Waals surface area (Å²) in [6.45, 7) is 0. The van der Waals surface area contributed by atoms with Gasteiger partial charge in [-0.25, -0.2) is 0 Å². The van der Waals surface area contributed by atoms with Crippen LogP contribution >= 0.6 is 53.6 Å². The third-order valence-electron chi connectivity index (χ3n) is 0. The molecule has 0 fully saturated rings. The zero-order valence-electron chi connectivity index (χ0n) is 3.84. The van der Waals surface area contributed by atoms with Gasteiger partial charge in [-0.1, -0.05) is 0 Å². The molecule has 0 aromatic rings. The van der Waals surface area contributed by atoms with Gasteiger partial charge in [-0.05, 0) is 0 Å². The van der Waals surface area contributed by atoms with Crippen molar-refractivity contribution >= 4 is 53.6 Å². The van der Waals surface area contributed by atoms with Crippen molar-refractivity contribution in [2.45, 2.75) is 0 Å². The molecule has 0 spiro atoms. The summed E-state index contributed by atoms with van der Waals surface area (Å²) in [6.07, 6.45) is 0. The molecular weight excluding hydrogens is 284 g/mol. The minimum atomic E-state index is 0. The Bertz CT molecular complexity index is 4.14. The summed E-state index contributed by atoms with van der Waals surface area (Å²) in [7, 11) is 14.0. The fraction of sp³-hybridized carbons (Fsp3) is 0. The summed E-state index contributed by atoms with van der Waals surface area (Å²) in [4.78, 5) is 0. The van der Waals surface area contributed by atoms with Gasteiger partial charge in [0.05, 0.1) is 0 Å². The Labute approximate surface area is 73.5 Å². The molecule has 6 unspecified atom stereocenters. The van der Waals surface area contributed by atoms with Crippen LogP contribution in [0.1, 0.15) is 0 Å². The zero-order chi connectivity index (χ0) is 6.00. The van der Waals surface area contributed by atoms with Gasteiger partial charge in [-0.15, -0.1) is 53.6 Å². The van der Waals surface area contributed by atoms with E-state index in [0.29, 0.717) is 0 Å². The third kappa shape index (κ3) is 46.3. The molecule has 0 aliphatic carbocycles. The van der Waals surface area contributed by atoms with Gasteiger partial charge >= 0.3 is 0 Å². The minimum absolute atomic E-state index is 0. The molecule has 0 N–H and O–H groups in total. The Morgan fingerprint density at radius 2 is 0.429 bits per heavy atom. The van der Waals surface area contributed by atoms with Crippen LogP contribution in [-0.4, -0.2) is 0 Å². The van der Waals surface area contributed by atoms with E-state index < -0.39 is 0 Å². The molecule has 0 aromatic heterocycles. The van der Waals surface area contributed by atoms with Gasteiger partial charge in [0, 0.05) is 20.1 Å². The molecule has 0 rings (SSSR count). The van der Waals surface area contributed by atoms with Gasteiger partial charge in [0.15, 0.2) is 0 Å². The number of rotatable bonds is 0. The first-order valence-electron chi connectivity index (χ1n) is 1.00. The zero-order valence-corrected chi connectivity index (χ0v) is 12.6. The van der Waals surface area contributed by atoms with Gasteiger partial charge in [0.2, 0.25) is 0 Å². The predicted octanol–water partition coefficient (Wildman–Crippen LogP) is 1.95. The van der Waals surface area contributed by atoms with Crippen molar-refractivity contribution in [3.8, 4) is 0 Å². The Morgan fingerprint density at radius 1 is 0.429 bits per heavy atom. The molecule has 0 aliphatic heterocycles. The second-order valence-electron chi connectivity index (χ2n) is 0. The summed E-state index contributed by atoms with van der Waals surface area (Å²) in [5, 5.41) is 0. The molecule has 49 valence electrons. The van der Waals surface area contributed by atoms with Crippen LogP contribution in [0.3, 0.4) is 0 Å². The van der Waals surface area contributed by atoms with Crippen molar-refractivity contribution in [2.75, 3.05) is 0 Å². The van der Waals surface area contributed by atoms with E-state index in [9.17, 15) is 0 Å². The van der Waals surface area contributed by atoms with Crippen molar-refractivity contribution in [1.29, 1.82) is 0 Å². The molecule has 0 heterocycles. The van der Waals surface area contributed by atoms with E-state index in [1.54, 1.807) is 0 Å². The van der Waals surface area contributed by atoms with Gasteiger partial charge in [0.1, 0.15) is 0 Å². The van der Waals surface area contributed by atoms with Crippen molar-refractivity contribution in [2.24, 2.45) is 0 Å². The molecule has 0 aliphatic rings. The van der Waals surface area contributed by atoms with E-state index >= 15 is 0 Å². The van der Waals surface area contributed by atoms with Gasteiger partial charge in [-0.3, -0.25) is 0 Å². The van der Waals surface area contributed by atoms with Crippen LogP contribution < -0.4 is 0 Å². The molecular formula is H12P6Tc. The molecule has 0 bridgehead atoms. The van der Waals surface area contributed by atoms with E-state index in [2.05, 4.69) is 53.6 Å². The van der Waals surface area contributed by atoms with E-state index in [1.165, 1.54) is 0 Å². The van der Waals surface area contributed by atoms with Crippen LogP contribution in [0.25, 0.3) is 0 Å². The SMILES string of the molecule is PP.PP.PP.[Tc]. The van der Waals surface area contributed by atoms with Crippen LogP contribution in [0.15, 0.2) is 0 Å². The summed E-state index contributed by atoms with van der Waals surface area (Å²) >= 11 is 0. The Balaban J connectivity index is -0.00000000900. The summed E-state index contributed by atoms with van der Waals surface area (Å²) < 4.78 is 0. The number of hydrogen-bond acceptors (Lipinski definition) is 0. The Kier molecular flexibility index (Phi) is 192. The Hall–Kier alpha value is 3.23. The maximum atomic E-state index is 2.33. The largest absolute Gasteiger partial charge is 0.118 e. The topological polar surface area (TPSA) is 0 Å². The van der Waals surface area contributed by atoms with Crippen LogP contribution in [0.4, 0.5) is 0 Å². The maximum absolute atomic E-state index is 2.33. The summed E-state index contributed by atoms with van der Waals surface area (Å²) in [6, 6.07) is 0. The second-order valence-corrected chi connectivity index (χ2v) is 0. The van der Waals surface area contributed by atoms with Crippen molar-refractivity contribution in [3.63, 3.8) is 0 Å². The van der Waals surface area contributed by atoms with E-state index in [0.717, 1.165) is 0 Å². The first kappa shape index (κ1) is 22.5. The standard InChI is InChI=1S/3H4P2.Tc/c3*1-2;/h3*1-2H2;. The van der Waals surface area contributed by atoms with Gasteiger partial charge in [0.25, 0.3) is 0 Å². The average molecular weight is 296 g/mol. The molecule has 7 heavy (non-hydrogen) atoms. The second kappa shape index (κ2) is 59.9. The average Bonchev–Trinajstić information content (AvgIpc) is 1.81. The fourth-order valence-corrected chi connectivity index (χ4v) is 0. The molecule has 1 radical (unpaired) electrons. The molecule has 7 heteroatoms. The van der Waals surface area contributed by atoms with Crippen LogP contribution in [0.5, 0.6) is 0 Å². The monoisotopic (exact) mass is 295 g/mol. The van der Waals surface area contributed by atoms with E-state index in [1.807, 2.05) is 0 Å². The number of hydrogen-bond donors (Lipinski definition) is 0. The molecule has 0 nitrogen and oxygen atoms in total. The summed E-state index contributed by atoms with van der Waals surface area (Å²) in [5.74, 6) is 0. The van der Waals surface area contributed by atoms with Crippen molar-refractivity contribution in [3.05, 3.63) is 0 Å². The smallest absolute Gasteiger partial charge is 0 e. The van der Waals surface area contributed by atoms with Crippen LogP contribution in [0, 0.1) is 0 Å². The molecule has 0 saturated carbocycles. The Morgan fingerprint density at radius 3 is 0.429 bits per heavy atom.